The monoisotopic (exact) mass is 351 g/mol. The number of primary sulfonamides is 1. The highest BCUT2D eigenvalue weighted by atomic mass is 79.9. The minimum atomic E-state index is -4.59. The van der Waals surface area contributed by atoms with Crippen LogP contribution in [0.15, 0.2) is 21.5 Å². The molecule has 4 nitrogen and oxygen atoms in total. The Morgan fingerprint density at radius 3 is 2.33 bits per heavy atom. The van der Waals surface area contributed by atoms with Gasteiger partial charge >= 0.3 is 6.18 Å². The standard InChI is InChI=1S/C8H6BrF4NO3S/c9-4-1-7(18(14,15)16)5(10)2-6(4)17-3-8(11,12)13/h1-2H,3H2,(H2,14,15,16). The Labute approximate surface area is 108 Å². The highest BCUT2D eigenvalue weighted by molar-refractivity contribution is 9.10. The lowest BCUT2D eigenvalue weighted by Crippen LogP contribution is -2.20. The third-order valence-corrected chi connectivity index (χ3v) is 3.23. The number of halogens is 5. The van der Waals surface area contributed by atoms with Crippen LogP contribution in [0.2, 0.25) is 0 Å². The topological polar surface area (TPSA) is 69.4 Å². The Morgan fingerprint density at radius 2 is 1.89 bits per heavy atom. The lowest BCUT2D eigenvalue weighted by atomic mass is 10.3. The van der Waals surface area contributed by atoms with Gasteiger partial charge in [-0.1, -0.05) is 0 Å². The molecule has 0 bridgehead atoms. The van der Waals surface area contributed by atoms with Crippen LogP contribution in [0.5, 0.6) is 5.75 Å². The number of benzene rings is 1. The maximum Gasteiger partial charge on any atom is 0.422 e. The van der Waals surface area contributed by atoms with Crippen LogP contribution in [0.4, 0.5) is 17.6 Å². The predicted molar refractivity (Wildman–Crippen MR) is 57.0 cm³/mol. The zero-order valence-electron chi connectivity index (χ0n) is 8.46. The summed E-state index contributed by atoms with van der Waals surface area (Å²) in [6.07, 6.45) is -4.59. The Hall–Kier alpha value is -0.870. The third-order valence-electron chi connectivity index (χ3n) is 1.68. The summed E-state index contributed by atoms with van der Waals surface area (Å²) in [5, 5.41) is 4.71. The molecule has 1 aromatic carbocycles. The average molecular weight is 352 g/mol. The highest BCUT2D eigenvalue weighted by Crippen LogP contribution is 2.31. The zero-order chi connectivity index (χ0) is 14.1. The van der Waals surface area contributed by atoms with E-state index in [4.69, 9.17) is 5.14 Å². The van der Waals surface area contributed by atoms with Gasteiger partial charge in [0.1, 0.15) is 16.5 Å². The van der Waals surface area contributed by atoms with Crippen LogP contribution in [0, 0.1) is 5.82 Å². The minimum Gasteiger partial charge on any atom is -0.483 e. The molecule has 2 N–H and O–H groups in total. The minimum absolute atomic E-state index is 0.155. The summed E-state index contributed by atoms with van der Waals surface area (Å²) >= 11 is 2.76. The molecule has 0 spiro atoms. The zero-order valence-corrected chi connectivity index (χ0v) is 10.9. The lowest BCUT2D eigenvalue weighted by Gasteiger charge is -2.11. The van der Waals surface area contributed by atoms with Crippen molar-refractivity contribution in [1.82, 2.24) is 0 Å². The third kappa shape index (κ3) is 4.10. The molecule has 0 saturated heterocycles. The molecule has 102 valence electrons. The smallest absolute Gasteiger partial charge is 0.422 e. The number of hydrogen-bond acceptors (Lipinski definition) is 3. The SMILES string of the molecule is NS(=O)(=O)c1cc(Br)c(OCC(F)(F)F)cc1F. The Kier molecular flexibility index (Phi) is 4.23. The van der Waals surface area contributed by atoms with Gasteiger partial charge in [0, 0.05) is 6.07 Å². The van der Waals surface area contributed by atoms with Crippen molar-refractivity contribution in [3.63, 3.8) is 0 Å². The Balaban J connectivity index is 3.09. The molecule has 0 radical (unpaired) electrons. The fourth-order valence-corrected chi connectivity index (χ4v) is 2.22. The number of ether oxygens (including phenoxy) is 1. The van der Waals surface area contributed by atoms with E-state index < -0.39 is 39.3 Å². The first kappa shape index (κ1) is 15.2. The van der Waals surface area contributed by atoms with Crippen molar-refractivity contribution in [2.45, 2.75) is 11.1 Å². The maximum atomic E-state index is 13.3. The number of nitrogens with two attached hydrogens (primary N) is 1. The van der Waals surface area contributed by atoms with Gasteiger partial charge in [0.05, 0.1) is 4.47 Å². The van der Waals surface area contributed by atoms with Crippen LogP contribution >= 0.6 is 15.9 Å². The van der Waals surface area contributed by atoms with Gasteiger partial charge in [-0.15, -0.1) is 0 Å². The number of alkyl halides is 3. The van der Waals surface area contributed by atoms with Gasteiger partial charge in [-0.2, -0.15) is 13.2 Å². The quantitative estimate of drug-likeness (QED) is 0.848. The van der Waals surface area contributed by atoms with Crippen molar-refractivity contribution in [3.05, 3.63) is 22.4 Å². The second-order valence-electron chi connectivity index (χ2n) is 3.16. The molecule has 1 rings (SSSR count). The first-order valence-electron chi connectivity index (χ1n) is 4.22. The van der Waals surface area contributed by atoms with Crippen molar-refractivity contribution in [2.24, 2.45) is 5.14 Å². The predicted octanol–water partition coefficient (Wildman–Crippen LogP) is 2.18. The number of hydrogen-bond donors (Lipinski definition) is 1. The van der Waals surface area contributed by atoms with Crippen LogP contribution in [0.1, 0.15) is 0 Å². The summed E-state index contributed by atoms with van der Waals surface area (Å²) in [6.45, 7) is -1.63. The molecule has 0 aliphatic rings. The molecule has 0 unspecified atom stereocenters. The van der Waals surface area contributed by atoms with Gasteiger partial charge in [-0.3, -0.25) is 0 Å². The molecular formula is C8H6BrF4NO3S. The second-order valence-corrected chi connectivity index (χ2v) is 5.55. The fraction of sp³-hybridized carbons (Fsp3) is 0.250. The normalized spacial score (nSPS) is 12.6. The Morgan fingerprint density at radius 1 is 1.33 bits per heavy atom. The van der Waals surface area contributed by atoms with E-state index in [0.717, 1.165) is 6.07 Å². The molecule has 0 atom stereocenters. The largest absolute Gasteiger partial charge is 0.483 e. The van der Waals surface area contributed by atoms with E-state index in [1.54, 1.807) is 0 Å². The number of sulfonamides is 1. The van der Waals surface area contributed by atoms with Gasteiger partial charge in [-0.05, 0) is 22.0 Å². The summed E-state index contributed by atoms with van der Waals surface area (Å²) in [7, 11) is -4.30. The molecule has 0 aliphatic heterocycles. The summed E-state index contributed by atoms with van der Waals surface area (Å²) in [6, 6.07) is 1.24. The molecule has 0 heterocycles. The van der Waals surface area contributed by atoms with Crippen molar-refractivity contribution in [2.75, 3.05) is 6.61 Å². The van der Waals surface area contributed by atoms with Crippen LogP contribution in [-0.4, -0.2) is 21.2 Å². The van der Waals surface area contributed by atoms with Crippen molar-refractivity contribution in [1.29, 1.82) is 0 Å². The molecule has 0 saturated carbocycles. The molecule has 0 fully saturated rings. The van der Waals surface area contributed by atoms with Crippen LogP contribution in [0.3, 0.4) is 0 Å². The molecule has 0 amide bonds. The van der Waals surface area contributed by atoms with Gasteiger partial charge in [-0.25, -0.2) is 17.9 Å². The highest BCUT2D eigenvalue weighted by Gasteiger charge is 2.29. The number of rotatable bonds is 3. The van der Waals surface area contributed by atoms with Crippen LogP contribution < -0.4 is 9.88 Å². The summed E-state index contributed by atoms with van der Waals surface area (Å²) in [5.41, 5.74) is 0. The first-order chi connectivity index (χ1) is 8.00. The average Bonchev–Trinajstić information content (AvgIpc) is 2.15. The fourth-order valence-electron chi connectivity index (χ4n) is 0.999. The molecule has 18 heavy (non-hydrogen) atoms. The maximum absolute atomic E-state index is 13.3. The van der Waals surface area contributed by atoms with Gasteiger partial charge < -0.3 is 4.74 Å². The van der Waals surface area contributed by atoms with E-state index in [2.05, 4.69) is 20.7 Å². The van der Waals surface area contributed by atoms with Crippen molar-refractivity contribution < 1.29 is 30.7 Å². The van der Waals surface area contributed by atoms with Crippen molar-refractivity contribution in [3.8, 4) is 5.75 Å². The second kappa shape index (κ2) is 5.02. The van der Waals surface area contributed by atoms with E-state index in [1.165, 1.54) is 0 Å². The van der Waals surface area contributed by atoms with E-state index >= 15 is 0 Å². The molecule has 1 aromatic rings. The van der Waals surface area contributed by atoms with E-state index in [1.807, 2.05) is 0 Å². The molecule has 10 heteroatoms. The first-order valence-corrected chi connectivity index (χ1v) is 6.56. The Bertz CT molecular complexity index is 558. The summed E-state index contributed by atoms with van der Waals surface area (Å²) in [4.78, 5) is -0.839. The summed E-state index contributed by atoms with van der Waals surface area (Å²) < 4.78 is 75.0. The van der Waals surface area contributed by atoms with Gasteiger partial charge in [0.25, 0.3) is 0 Å². The van der Waals surface area contributed by atoms with E-state index in [-0.39, 0.29) is 4.47 Å². The molecule has 0 aromatic heterocycles. The van der Waals surface area contributed by atoms with E-state index in [9.17, 15) is 26.0 Å². The van der Waals surface area contributed by atoms with Gasteiger partial charge in [0.15, 0.2) is 6.61 Å². The van der Waals surface area contributed by atoms with Crippen LogP contribution in [0.25, 0.3) is 0 Å². The molecule has 0 aliphatic carbocycles. The summed E-state index contributed by atoms with van der Waals surface area (Å²) in [5.74, 6) is -1.77. The lowest BCUT2D eigenvalue weighted by molar-refractivity contribution is -0.153. The molecular weight excluding hydrogens is 346 g/mol. The van der Waals surface area contributed by atoms with Crippen LogP contribution in [-0.2, 0) is 10.0 Å². The van der Waals surface area contributed by atoms with Crippen molar-refractivity contribution >= 4 is 26.0 Å². The van der Waals surface area contributed by atoms with Gasteiger partial charge in [0.2, 0.25) is 10.0 Å². The van der Waals surface area contributed by atoms with E-state index in [0.29, 0.717) is 6.07 Å².